The van der Waals surface area contributed by atoms with E-state index in [0.29, 0.717) is 31.1 Å². The third-order valence-electron chi connectivity index (χ3n) is 4.05. The van der Waals surface area contributed by atoms with Gasteiger partial charge in [-0.15, -0.1) is 0 Å². The van der Waals surface area contributed by atoms with Crippen LogP contribution in [-0.2, 0) is 9.47 Å². The maximum absolute atomic E-state index is 5.86. The Morgan fingerprint density at radius 1 is 0.647 bits per heavy atom. The second kappa shape index (κ2) is 6.69. The lowest BCUT2D eigenvalue weighted by molar-refractivity contribution is -0.132. The molecule has 0 amide bonds. The molecule has 17 heavy (non-hydrogen) atoms. The number of nitrogens with two attached hydrogens (primary N) is 2. The van der Waals surface area contributed by atoms with Crippen molar-refractivity contribution >= 4 is 0 Å². The van der Waals surface area contributed by atoms with Crippen LogP contribution in [0.1, 0.15) is 51.4 Å². The second-order valence-corrected chi connectivity index (χ2v) is 5.52. The Labute approximate surface area is 104 Å². The van der Waals surface area contributed by atoms with Gasteiger partial charge in [0.15, 0.2) is 0 Å². The van der Waals surface area contributed by atoms with E-state index in [1.54, 1.807) is 0 Å². The van der Waals surface area contributed by atoms with E-state index in [9.17, 15) is 0 Å². The molecule has 0 aliphatic heterocycles. The van der Waals surface area contributed by atoms with Crippen molar-refractivity contribution in [2.45, 2.75) is 75.7 Å². The lowest BCUT2D eigenvalue weighted by Gasteiger charge is -2.29. The molecule has 100 valence electrons. The van der Waals surface area contributed by atoms with E-state index in [0.717, 1.165) is 51.4 Å². The predicted octanol–water partition coefficient (Wildman–Crippen LogP) is 1.52. The summed E-state index contributed by atoms with van der Waals surface area (Å²) in [4.78, 5) is 0. The minimum absolute atomic E-state index is 0.362. The van der Waals surface area contributed by atoms with Gasteiger partial charge in [-0.1, -0.05) is 0 Å². The van der Waals surface area contributed by atoms with E-state index >= 15 is 0 Å². The van der Waals surface area contributed by atoms with Crippen molar-refractivity contribution in [3.63, 3.8) is 0 Å². The fraction of sp³-hybridized carbons (Fsp3) is 1.00. The van der Waals surface area contributed by atoms with E-state index in [-0.39, 0.29) is 0 Å². The molecular weight excluding hydrogens is 216 g/mol. The SMILES string of the molecule is NC1CCC(OCOC2CCC(N)CC2)CC1. The average Bonchev–Trinajstić information content (AvgIpc) is 2.34. The van der Waals surface area contributed by atoms with E-state index in [1.807, 2.05) is 0 Å². The lowest BCUT2D eigenvalue weighted by Crippen LogP contribution is -2.33. The Balaban J connectivity index is 1.54. The molecule has 0 bridgehead atoms. The maximum atomic E-state index is 5.86. The van der Waals surface area contributed by atoms with Gasteiger partial charge < -0.3 is 20.9 Å². The smallest absolute Gasteiger partial charge is 0.147 e. The molecule has 0 heterocycles. The van der Waals surface area contributed by atoms with Crippen molar-refractivity contribution in [1.29, 1.82) is 0 Å². The van der Waals surface area contributed by atoms with Crippen LogP contribution in [0.5, 0.6) is 0 Å². The topological polar surface area (TPSA) is 70.5 Å². The molecular formula is C13H26N2O2. The number of hydrogen-bond donors (Lipinski definition) is 2. The van der Waals surface area contributed by atoms with Crippen LogP contribution in [0.15, 0.2) is 0 Å². The average molecular weight is 242 g/mol. The van der Waals surface area contributed by atoms with Gasteiger partial charge in [-0.25, -0.2) is 0 Å². The van der Waals surface area contributed by atoms with Crippen molar-refractivity contribution in [3.05, 3.63) is 0 Å². The van der Waals surface area contributed by atoms with E-state index in [4.69, 9.17) is 20.9 Å². The molecule has 0 unspecified atom stereocenters. The highest BCUT2D eigenvalue weighted by atomic mass is 16.7. The Morgan fingerprint density at radius 3 is 1.35 bits per heavy atom. The summed E-state index contributed by atoms with van der Waals surface area (Å²) in [7, 11) is 0. The van der Waals surface area contributed by atoms with Crippen LogP contribution < -0.4 is 11.5 Å². The van der Waals surface area contributed by atoms with Gasteiger partial charge in [-0.05, 0) is 51.4 Å². The molecule has 0 radical (unpaired) electrons. The van der Waals surface area contributed by atoms with Gasteiger partial charge in [0.2, 0.25) is 0 Å². The Kier molecular flexibility index (Phi) is 5.22. The van der Waals surface area contributed by atoms with E-state index < -0.39 is 0 Å². The van der Waals surface area contributed by atoms with Gasteiger partial charge >= 0.3 is 0 Å². The van der Waals surface area contributed by atoms with Gasteiger partial charge in [0.25, 0.3) is 0 Å². The molecule has 0 aromatic heterocycles. The third kappa shape index (κ3) is 4.54. The molecule has 4 heteroatoms. The summed E-state index contributed by atoms with van der Waals surface area (Å²) in [5, 5.41) is 0. The summed E-state index contributed by atoms with van der Waals surface area (Å²) in [6.45, 7) is 0.444. The minimum Gasteiger partial charge on any atom is -0.352 e. The molecule has 0 aromatic rings. The maximum Gasteiger partial charge on any atom is 0.147 e. The van der Waals surface area contributed by atoms with E-state index in [1.165, 1.54) is 0 Å². The summed E-state index contributed by atoms with van der Waals surface area (Å²) in [6.07, 6.45) is 9.40. The molecule has 4 nitrogen and oxygen atoms in total. The van der Waals surface area contributed by atoms with Crippen molar-refractivity contribution in [1.82, 2.24) is 0 Å². The third-order valence-corrected chi connectivity index (χ3v) is 4.05. The number of ether oxygens (including phenoxy) is 2. The molecule has 0 atom stereocenters. The Morgan fingerprint density at radius 2 is 1.00 bits per heavy atom. The van der Waals surface area contributed by atoms with E-state index in [2.05, 4.69) is 0 Å². The van der Waals surface area contributed by atoms with Crippen LogP contribution in [0.25, 0.3) is 0 Å². The van der Waals surface area contributed by atoms with Crippen LogP contribution in [-0.4, -0.2) is 31.1 Å². The predicted molar refractivity (Wildman–Crippen MR) is 67.5 cm³/mol. The summed E-state index contributed by atoms with van der Waals surface area (Å²) < 4.78 is 11.5. The fourth-order valence-electron chi connectivity index (χ4n) is 2.74. The van der Waals surface area contributed by atoms with Crippen LogP contribution in [0.2, 0.25) is 0 Å². The van der Waals surface area contributed by atoms with Gasteiger partial charge in [-0.3, -0.25) is 0 Å². The van der Waals surface area contributed by atoms with Gasteiger partial charge in [0, 0.05) is 12.1 Å². The molecule has 0 saturated heterocycles. The van der Waals surface area contributed by atoms with Gasteiger partial charge in [-0.2, -0.15) is 0 Å². The zero-order valence-electron chi connectivity index (χ0n) is 10.6. The van der Waals surface area contributed by atoms with Crippen LogP contribution >= 0.6 is 0 Å². The van der Waals surface area contributed by atoms with Crippen molar-refractivity contribution < 1.29 is 9.47 Å². The fourth-order valence-corrected chi connectivity index (χ4v) is 2.74. The zero-order valence-corrected chi connectivity index (χ0v) is 10.6. The van der Waals surface area contributed by atoms with Crippen molar-refractivity contribution in [2.24, 2.45) is 11.5 Å². The minimum atomic E-state index is 0.362. The quantitative estimate of drug-likeness (QED) is 0.733. The monoisotopic (exact) mass is 242 g/mol. The molecule has 2 aliphatic carbocycles. The standard InChI is InChI=1S/C13H26N2O2/c14-10-1-5-12(6-2-10)16-9-17-13-7-3-11(15)4-8-13/h10-13H,1-9,14-15H2. The first-order valence-electron chi connectivity index (χ1n) is 6.98. The normalized spacial score (nSPS) is 39.2. The van der Waals surface area contributed by atoms with Gasteiger partial charge in [0.1, 0.15) is 6.79 Å². The molecule has 0 aromatic carbocycles. The first-order chi connectivity index (χ1) is 8.24. The van der Waals surface area contributed by atoms with Crippen LogP contribution in [0, 0.1) is 0 Å². The number of rotatable bonds is 4. The van der Waals surface area contributed by atoms with Gasteiger partial charge in [0.05, 0.1) is 12.2 Å². The number of hydrogen-bond acceptors (Lipinski definition) is 4. The molecule has 2 aliphatic rings. The summed E-state index contributed by atoms with van der Waals surface area (Å²) in [6, 6.07) is 0.770. The summed E-state index contributed by atoms with van der Waals surface area (Å²) >= 11 is 0. The molecule has 2 fully saturated rings. The summed E-state index contributed by atoms with van der Waals surface area (Å²) in [5.41, 5.74) is 11.7. The molecule has 4 N–H and O–H groups in total. The molecule has 2 rings (SSSR count). The Bertz CT molecular complexity index is 187. The largest absolute Gasteiger partial charge is 0.352 e. The highest BCUT2D eigenvalue weighted by Crippen LogP contribution is 2.22. The van der Waals surface area contributed by atoms with Crippen LogP contribution in [0.3, 0.4) is 0 Å². The zero-order chi connectivity index (χ0) is 12.1. The highest BCUT2D eigenvalue weighted by molar-refractivity contribution is 4.75. The van der Waals surface area contributed by atoms with Crippen LogP contribution in [0.4, 0.5) is 0 Å². The van der Waals surface area contributed by atoms with Crippen molar-refractivity contribution in [2.75, 3.05) is 6.79 Å². The first-order valence-corrected chi connectivity index (χ1v) is 6.98. The second-order valence-electron chi connectivity index (χ2n) is 5.52. The van der Waals surface area contributed by atoms with Crippen molar-refractivity contribution in [3.8, 4) is 0 Å². The highest BCUT2D eigenvalue weighted by Gasteiger charge is 2.21. The molecule has 0 spiro atoms. The summed E-state index contributed by atoms with van der Waals surface area (Å²) in [5.74, 6) is 0. The Hall–Kier alpha value is -0.160. The first kappa shape index (κ1) is 13.3. The molecule has 2 saturated carbocycles. The lowest BCUT2D eigenvalue weighted by atomic mass is 9.93.